The fourth-order valence-corrected chi connectivity index (χ4v) is 1.88. The van der Waals surface area contributed by atoms with Crippen molar-refractivity contribution in [2.75, 3.05) is 25.4 Å². The molecule has 0 aromatic rings. The van der Waals surface area contributed by atoms with E-state index in [9.17, 15) is 4.79 Å². The van der Waals surface area contributed by atoms with Gasteiger partial charge in [-0.05, 0) is 31.1 Å². The molecule has 0 radical (unpaired) electrons. The Kier molecular flexibility index (Phi) is 4.59. The summed E-state index contributed by atoms with van der Waals surface area (Å²) in [7, 11) is 0. The zero-order valence-electron chi connectivity index (χ0n) is 7.91. The molecule has 1 aliphatic rings. The minimum atomic E-state index is 0.288. The number of carbonyl (C=O) groups excluding carboxylic acids is 1. The summed E-state index contributed by atoms with van der Waals surface area (Å²) in [6, 6.07) is 0. The molecule has 0 aromatic carbocycles. The van der Waals surface area contributed by atoms with Gasteiger partial charge in [0.05, 0.1) is 0 Å². The Morgan fingerprint density at radius 3 is 2.85 bits per heavy atom. The van der Waals surface area contributed by atoms with Crippen LogP contribution < -0.4 is 5.73 Å². The molecule has 1 rings (SSSR count). The molecular formula is C9H18N2OS. The highest BCUT2D eigenvalue weighted by atomic mass is 32.1. The standard InChI is InChI=1S/C9H18N2OS/c10-3-1-2-4-11-6-8(7-13)5-9(11)12/h8,13H,1-7,10H2. The molecule has 76 valence electrons. The lowest BCUT2D eigenvalue weighted by Gasteiger charge is -2.15. The maximum Gasteiger partial charge on any atom is 0.222 e. The summed E-state index contributed by atoms with van der Waals surface area (Å²) in [6.07, 6.45) is 2.73. The molecule has 0 bridgehead atoms. The van der Waals surface area contributed by atoms with Crippen molar-refractivity contribution in [1.82, 2.24) is 4.90 Å². The molecule has 13 heavy (non-hydrogen) atoms. The summed E-state index contributed by atoms with van der Waals surface area (Å²) in [5, 5.41) is 0. The van der Waals surface area contributed by atoms with Gasteiger partial charge in [0.1, 0.15) is 0 Å². The molecule has 0 saturated carbocycles. The van der Waals surface area contributed by atoms with E-state index < -0.39 is 0 Å². The molecular weight excluding hydrogens is 184 g/mol. The van der Waals surface area contributed by atoms with Gasteiger partial charge in [0.25, 0.3) is 0 Å². The van der Waals surface area contributed by atoms with E-state index in [1.54, 1.807) is 0 Å². The Morgan fingerprint density at radius 2 is 2.31 bits per heavy atom. The number of thiol groups is 1. The van der Waals surface area contributed by atoms with Gasteiger partial charge in [0.2, 0.25) is 5.91 Å². The molecule has 2 N–H and O–H groups in total. The molecule has 1 heterocycles. The van der Waals surface area contributed by atoms with Crippen LogP contribution in [0.15, 0.2) is 0 Å². The van der Waals surface area contributed by atoms with Crippen molar-refractivity contribution < 1.29 is 4.79 Å². The van der Waals surface area contributed by atoms with E-state index in [2.05, 4.69) is 12.6 Å². The van der Waals surface area contributed by atoms with E-state index in [1.807, 2.05) is 4.90 Å². The van der Waals surface area contributed by atoms with E-state index in [0.717, 1.165) is 38.2 Å². The third-order valence-corrected chi connectivity index (χ3v) is 2.95. The molecule has 1 aliphatic heterocycles. The van der Waals surface area contributed by atoms with Crippen molar-refractivity contribution in [1.29, 1.82) is 0 Å². The minimum absolute atomic E-state index is 0.288. The monoisotopic (exact) mass is 202 g/mol. The largest absolute Gasteiger partial charge is 0.342 e. The van der Waals surface area contributed by atoms with Crippen LogP contribution in [0.25, 0.3) is 0 Å². The van der Waals surface area contributed by atoms with Crippen LogP contribution in [0.4, 0.5) is 0 Å². The van der Waals surface area contributed by atoms with Gasteiger partial charge >= 0.3 is 0 Å². The van der Waals surface area contributed by atoms with Crippen LogP contribution in [0.1, 0.15) is 19.3 Å². The molecule has 1 atom stereocenters. The van der Waals surface area contributed by atoms with Crippen molar-refractivity contribution >= 4 is 18.5 Å². The first kappa shape index (κ1) is 10.9. The first-order valence-corrected chi connectivity index (χ1v) is 5.50. The fraction of sp³-hybridized carbons (Fsp3) is 0.889. The van der Waals surface area contributed by atoms with Crippen molar-refractivity contribution in [3.8, 4) is 0 Å². The van der Waals surface area contributed by atoms with Gasteiger partial charge in [-0.15, -0.1) is 0 Å². The highest BCUT2D eigenvalue weighted by Crippen LogP contribution is 2.18. The number of unbranched alkanes of at least 4 members (excludes halogenated alkanes) is 1. The zero-order chi connectivity index (χ0) is 9.68. The van der Waals surface area contributed by atoms with E-state index in [-0.39, 0.29) is 5.91 Å². The quantitative estimate of drug-likeness (QED) is 0.504. The first-order valence-electron chi connectivity index (χ1n) is 4.86. The number of likely N-dealkylation sites (tertiary alicyclic amines) is 1. The van der Waals surface area contributed by atoms with Crippen molar-refractivity contribution in [3.05, 3.63) is 0 Å². The summed E-state index contributed by atoms with van der Waals surface area (Å²) in [6.45, 7) is 2.49. The highest BCUT2D eigenvalue weighted by molar-refractivity contribution is 7.80. The zero-order valence-corrected chi connectivity index (χ0v) is 8.80. The molecule has 1 fully saturated rings. The van der Waals surface area contributed by atoms with Crippen LogP contribution >= 0.6 is 12.6 Å². The molecule has 4 heteroatoms. The first-order chi connectivity index (χ1) is 6.27. The SMILES string of the molecule is NCCCCN1CC(CS)CC1=O. The van der Waals surface area contributed by atoms with Crippen molar-refractivity contribution in [3.63, 3.8) is 0 Å². The Labute approximate surface area is 85.1 Å². The molecule has 1 unspecified atom stereocenters. The van der Waals surface area contributed by atoms with Crippen LogP contribution in [-0.2, 0) is 4.79 Å². The van der Waals surface area contributed by atoms with Gasteiger partial charge in [0.15, 0.2) is 0 Å². The van der Waals surface area contributed by atoms with Gasteiger partial charge < -0.3 is 10.6 Å². The van der Waals surface area contributed by atoms with Crippen LogP contribution in [0.5, 0.6) is 0 Å². The van der Waals surface area contributed by atoms with E-state index in [4.69, 9.17) is 5.73 Å². The number of hydrogen-bond donors (Lipinski definition) is 2. The maximum atomic E-state index is 11.4. The fourth-order valence-electron chi connectivity index (χ4n) is 1.64. The molecule has 0 spiro atoms. The Hall–Kier alpha value is -0.220. The van der Waals surface area contributed by atoms with Crippen LogP contribution in [0.3, 0.4) is 0 Å². The van der Waals surface area contributed by atoms with E-state index >= 15 is 0 Å². The number of rotatable bonds is 5. The van der Waals surface area contributed by atoms with Gasteiger partial charge in [-0.3, -0.25) is 4.79 Å². The smallest absolute Gasteiger partial charge is 0.222 e. The van der Waals surface area contributed by atoms with Crippen LogP contribution in [0.2, 0.25) is 0 Å². The van der Waals surface area contributed by atoms with E-state index in [1.165, 1.54) is 0 Å². The molecule has 1 saturated heterocycles. The van der Waals surface area contributed by atoms with E-state index in [0.29, 0.717) is 12.3 Å². The number of amides is 1. The maximum absolute atomic E-state index is 11.4. The molecule has 3 nitrogen and oxygen atoms in total. The Balaban J connectivity index is 2.23. The number of nitrogens with two attached hydrogens (primary N) is 1. The van der Waals surface area contributed by atoms with Gasteiger partial charge in [-0.2, -0.15) is 12.6 Å². The molecule has 0 aromatic heterocycles. The molecule has 0 aliphatic carbocycles. The van der Waals surface area contributed by atoms with Gasteiger partial charge in [0, 0.05) is 19.5 Å². The second-order valence-electron chi connectivity index (χ2n) is 3.59. The van der Waals surface area contributed by atoms with Crippen molar-refractivity contribution in [2.24, 2.45) is 11.7 Å². The summed E-state index contributed by atoms with van der Waals surface area (Å²) in [4.78, 5) is 13.3. The third-order valence-electron chi connectivity index (χ3n) is 2.43. The molecule has 1 amide bonds. The second-order valence-corrected chi connectivity index (χ2v) is 3.95. The van der Waals surface area contributed by atoms with Crippen molar-refractivity contribution in [2.45, 2.75) is 19.3 Å². The number of hydrogen-bond acceptors (Lipinski definition) is 3. The second kappa shape index (κ2) is 5.50. The lowest BCUT2D eigenvalue weighted by molar-refractivity contribution is -0.127. The summed E-state index contributed by atoms with van der Waals surface area (Å²) < 4.78 is 0. The lowest BCUT2D eigenvalue weighted by Crippen LogP contribution is -2.26. The average Bonchev–Trinajstić information content (AvgIpc) is 2.48. The number of nitrogens with zero attached hydrogens (tertiary/aromatic N) is 1. The normalized spacial score (nSPS) is 22.8. The third kappa shape index (κ3) is 3.19. The highest BCUT2D eigenvalue weighted by Gasteiger charge is 2.27. The van der Waals surface area contributed by atoms with Gasteiger partial charge in [-0.1, -0.05) is 0 Å². The predicted octanol–water partition coefficient (Wildman–Crippen LogP) is 0.504. The van der Waals surface area contributed by atoms with Gasteiger partial charge in [-0.25, -0.2) is 0 Å². The predicted molar refractivity (Wildman–Crippen MR) is 56.8 cm³/mol. The van der Waals surface area contributed by atoms with Crippen LogP contribution in [0, 0.1) is 5.92 Å². The van der Waals surface area contributed by atoms with Crippen LogP contribution in [-0.4, -0.2) is 36.2 Å². The summed E-state index contributed by atoms with van der Waals surface area (Å²) in [5.74, 6) is 1.57. The summed E-state index contributed by atoms with van der Waals surface area (Å²) >= 11 is 4.21. The number of carbonyl (C=O) groups is 1. The summed E-state index contributed by atoms with van der Waals surface area (Å²) in [5.41, 5.74) is 5.39. The Bertz CT molecular complexity index is 175. The topological polar surface area (TPSA) is 46.3 Å². The minimum Gasteiger partial charge on any atom is -0.342 e. The lowest BCUT2D eigenvalue weighted by atomic mass is 10.1. The Morgan fingerprint density at radius 1 is 1.54 bits per heavy atom. The average molecular weight is 202 g/mol.